The number of rotatable bonds is 5. The lowest BCUT2D eigenvalue weighted by atomic mass is 10.1. The SMILES string of the molecule is O=C(NS(=O)(=O)C(F)(F)C(F)(F)C(F)(F)C(F)(F)F)c1ccccn1. The third-order valence-corrected chi connectivity index (χ3v) is 3.96. The fourth-order valence-electron chi connectivity index (χ4n) is 1.27. The molecule has 5 nitrogen and oxygen atoms in total. The number of pyridine rings is 1. The molecular weight excluding hydrogens is 399 g/mol. The summed E-state index contributed by atoms with van der Waals surface area (Å²) in [6.45, 7) is 0. The summed E-state index contributed by atoms with van der Waals surface area (Å²) in [5.74, 6) is -16.9. The van der Waals surface area contributed by atoms with E-state index in [0.717, 1.165) is 18.3 Å². The molecule has 142 valence electrons. The lowest BCUT2D eigenvalue weighted by Crippen LogP contribution is -2.65. The van der Waals surface area contributed by atoms with Gasteiger partial charge in [0.15, 0.2) is 0 Å². The number of sulfonamides is 1. The molecule has 0 saturated carbocycles. The molecule has 1 N–H and O–H groups in total. The molecule has 0 aliphatic carbocycles. The van der Waals surface area contributed by atoms with Gasteiger partial charge in [-0.15, -0.1) is 0 Å². The maximum atomic E-state index is 13.3. The number of hydrogen-bond acceptors (Lipinski definition) is 4. The molecule has 1 aromatic rings. The van der Waals surface area contributed by atoms with Gasteiger partial charge in [0.25, 0.3) is 5.91 Å². The number of nitrogens with one attached hydrogen (secondary N) is 1. The van der Waals surface area contributed by atoms with E-state index in [-0.39, 0.29) is 4.72 Å². The first-order chi connectivity index (χ1) is 11.0. The van der Waals surface area contributed by atoms with Gasteiger partial charge in [0.1, 0.15) is 5.69 Å². The molecule has 1 amide bonds. The van der Waals surface area contributed by atoms with E-state index in [4.69, 9.17) is 0 Å². The second kappa shape index (κ2) is 6.03. The van der Waals surface area contributed by atoms with Crippen LogP contribution in [0.3, 0.4) is 0 Å². The average molecular weight is 404 g/mol. The van der Waals surface area contributed by atoms with Crippen LogP contribution in [0.1, 0.15) is 10.5 Å². The topological polar surface area (TPSA) is 76.1 Å². The number of amides is 1. The Morgan fingerprint density at radius 2 is 1.44 bits per heavy atom. The molecular formula is C10H5F9N2O3S. The van der Waals surface area contributed by atoms with E-state index in [1.807, 2.05) is 0 Å². The summed E-state index contributed by atoms with van der Waals surface area (Å²) in [5, 5.41) is -7.00. The monoisotopic (exact) mass is 404 g/mol. The summed E-state index contributed by atoms with van der Waals surface area (Å²) < 4.78 is 136. The largest absolute Gasteiger partial charge is 0.460 e. The number of carbonyl (C=O) groups excluding carboxylic acids is 1. The standard InChI is InChI=1S/C10H5F9N2O3S/c11-7(12,9(15,16)17)8(13,14)10(18,19)25(23,24)21-6(22)5-3-1-2-4-20-5/h1-4H,(H,21,22). The van der Waals surface area contributed by atoms with E-state index < -0.39 is 44.9 Å². The zero-order valence-corrected chi connectivity index (χ0v) is 12.1. The molecule has 0 fully saturated rings. The van der Waals surface area contributed by atoms with Crippen LogP contribution in [0, 0.1) is 0 Å². The normalized spacial score (nSPS) is 14.3. The third kappa shape index (κ3) is 3.36. The molecule has 1 rings (SSSR count). The lowest BCUT2D eigenvalue weighted by Gasteiger charge is -2.32. The molecule has 0 bridgehead atoms. The quantitative estimate of drug-likeness (QED) is 0.766. The summed E-state index contributed by atoms with van der Waals surface area (Å²) in [4.78, 5) is 14.5. The fourth-order valence-corrected chi connectivity index (χ4v) is 2.21. The van der Waals surface area contributed by atoms with Crippen molar-refractivity contribution in [3.63, 3.8) is 0 Å². The molecule has 0 aliphatic heterocycles. The maximum absolute atomic E-state index is 13.3. The predicted molar refractivity (Wildman–Crippen MR) is 61.5 cm³/mol. The van der Waals surface area contributed by atoms with Crippen LogP contribution >= 0.6 is 0 Å². The maximum Gasteiger partial charge on any atom is 0.460 e. The van der Waals surface area contributed by atoms with Crippen molar-refractivity contribution in [1.82, 2.24) is 9.71 Å². The molecule has 15 heteroatoms. The molecule has 0 aliphatic rings. The van der Waals surface area contributed by atoms with Crippen LogP contribution in [0.25, 0.3) is 0 Å². The highest BCUT2D eigenvalue weighted by Crippen LogP contribution is 2.54. The molecule has 0 aromatic carbocycles. The molecule has 25 heavy (non-hydrogen) atoms. The van der Waals surface area contributed by atoms with E-state index in [1.165, 1.54) is 6.07 Å². The van der Waals surface area contributed by atoms with Crippen molar-refractivity contribution >= 4 is 15.9 Å². The van der Waals surface area contributed by atoms with Gasteiger partial charge in [-0.2, -0.15) is 47.9 Å². The summed E-state index contributed by atoms with van der Waals surface area (Å²) in [5.41, 5.74) is -0.909. The summed E-state index contributed by atoms with van der Waals surface area (Å²) in [6, 6.07) is 2.95. The van der Waals surface area contributed by atoms with E-state index in [1.54, 1.807) is 0 Å². The molecule has 1 heterocycles. The van der Waals surface area contributed by atoms with Crippen LogP contribution in [0.15, 0.2) is 24.4 Å². The zero-order valence-electron chi connectivity index (χ0n) is 11.3. The van der Waals surface area contributed by atoms with Gasteiger partial charge in [-0.3, -0.25) is 9.78 Å². The lowest BCUT2D eigenvalue weighted by molar-refractivity contribution is -0.382. The summed E-state index contributed by atoms with van der Waals surface area (Å²) in [6.07, 6.45) is -6.34. The average Bonchev–Trinajstić information content (AvgIpc) is 2.45. The Kier molecular flexibility index (Phi) is 5.06. The summed E-state index contributed by atoms with van der Waals surface area (Å²) >= 11 is 0. The number of hydrogen-bond donors (Lipinski definition) is 1. The molecule has 0 radical (unpaired) electrons. The zero-order chi connectivity index (χ0) is 19.9. The Morgan fingerprint density at radius 3 is 1.84 bits per heavy atom. The number of halogens is 9. The van der Waals surface area contributed by atoms with Crippen molar-refractivity contribution < 1.29 is 52.7 Å². The third-order valence-electron chi connectivity index (χ3n) is 2.58. The first-order valence-electron chi connectivity index (χ1n) is 5.67. The van der Waals surface area contributed by atoms with Crippen molar-refractivity contribution in [2.24, 2.45) is 0 Å². The smallest absolute Gasteiger partial charge is 0.266 e. The van der Waals surface area contributed by atoms with Gasteiger partial charge in [-0.1, -0.05) is 6.07 Å². The Morgan fingerprint density at radius 1 is 0.920 bits per heavy atom. The van der Waals surface area contributed by atoms with Gasteiger partial charge < -0.3 is 0 Å². The Labute approximate surface area is 132 Å². The van der Waals surface area contributed by atoms with Crippen LogP contribution in [-0.2, 0) is 10.0 Å². The minimum absolute atomic E-state index is 0.283. The summed E-state index contributed by atoms with van der Waals surface area (Å²) in [7, 11) is -7.01. The van der Waals surface area contributed by atoms with Gasteiger partial charge in [0.2, 0.25) is 0 Å². The predicted octanol–water partition coefficient (Wildman–Crippen LogP) is 2.57. The Balaban J connectivity index is 3.29. The second-order valence-electron chi connectivity index (χ2n) is 4.31. The van der Waals surface area contributed by atoms with Crippen molar-refractivity contribution in [2.75, 3.05) is 0 Å². The number of carbonyl (C=O) groups is 1. The molecule has 0 spiro atoms. The molecule has 0 saturated heterocycles. The second-order valence-corrected chi connectivity index (χ2v) is 6.04. The first kappa shape index (κ1) is 21.0. The fraction of sp³-hybridized carbons (Fsp3) is 0.400. The van der Waals surface area contributed by atoms with Gasteiger partial charge in [0, 0.05) is 6.20 Å². The minimum Gasteiger partial charge on any atom is -0.266 e. The van der Waals surface area contributed by atoms with Gasteiger partial charge in [-0.25, -0.2) is 4.72 Å². The van der Waals surface area contributed by atoms with Crippen LogP contribution in [-0.4, -0.2) is 42.6 Å². The van der Waals surface area contributed by atoms with Crippen LogP contribution in [0.4, 0.5) is 39.5 Å². The Hall–Kier alpha value is -2.06. The van der Waals surface area contributed by atoms with Gasteiger partial charge in [0.05, 0.1) is 0 Å². The van der Waals surface area contributed by atoms with Crippen molar-refractivity contribution in [1.29, 1.82) is 0 Å². The van der Waals surface area contributed by atoms with E-state index in [2.05, 4.69) is 4.98 Å². The molecule has 0 unspecified atom stereocenters. The van der Waals surface area contributed by atoms with E-state index in [0.29, 0.717) is 0 Å². The highest BCUT2D eigenvalue weighted by Gasteiger charge is 2.85. The van der Waals surface area contributed by atoms with E-state index in [9.17, 15) is 52.7 Å². The Bertz CT molecular complexity index is 747. The number of alkyl halides is 9. The van der Waals surface area contributed by atoms with E-state index >= 15 is 0 Å². The minimum atomic E-state index is -7.42. The van der Waals surface area contributed by atoms with Crippen LogP contribution in [0.5, 0.6) is 0 Å². The van der Waals surface area contributed by atoms with Crippen molar-refractivity contribution in [3.05, 3.63) is 30.1 Å². The van der Waals surface area contributed by atoms with Gasteiger partial charge in [-0.05, 0) is 12.1 Å². The van der Waals surface area contributed by atoms with Crippen molar-refractivity contribution in [3.8, 4) is 0 Å². The number of nitrogens with zero attached hydrogens (tertiary/aromatic N) is 1. The molecule has 0 atom stereocenters. The highest BCUT2D eigenvalue weighted by molar-refractivity contribution is 7.91. The molecule has 1 aromatic heterocycles. The first-order valence-corrected chi connectivity index (χ1v) is 7.15. The van der Waals surface area contributed by atoms with Crippen LogP contribution < -0.4 is 4.72 Å². The highest BCUT2D eigenvalue weighted by atomic mass is 32.2. The van der Waals surface area contributed by atoms with Crippen molar-refractivity contribution in [2.45, 2.75) is 23.3 Å². The number of aromatic nitrogens is 1. The van der Waals surface area contributed by atoms with Crippen LogP contribution in [0.2, 0.25) is 0 Å². The van der Waals surface area contributed by atoms with Gasteiger partial charge >= 0.3 is 33.3 Å².